The first-order valence-electron chi connectivity index (χ1n) is 10.4. The van der Waals surface area contributed by atoms with E-state index < -0.39 is 0 Å². The third-order valence-corrected chi connectivity index (χ3v) is 6.72. The Morgan fingerprint density at radius 1 is 1.20 bits per heavy atom. The van der Waals surface area contributed by atoms with E-state index in [1.807, 2.05) is 19.1 Å². The molecule has 0 bridgehead atoms. The van der Waals surface area contributed by atoms with E-state index in [-0.39, 0.29) is 11.5 Å². The van der Waals surface area contributed by atoms with Crippen LogP contribution in [-0.2, 0) is 4.79 Å². The summed E-state index contributed by atoms with van der Waals surface area (Å²) in [6, 6.07) is 3.83. The monoisotopic (exact) mass is 442 g/mol. The van der Waals surface area contributed by atoms with Gasteiger partial charge in [-0.3, -0.25) is 18.9 Å². The maximum atomic E-state index is 13.5. The van der Waals surface area contributed by atoms with Gasteiger partial charge in [0, 0.05) is 25.8 Å². The molecule has 1 amide bonds. The minimum Gasteiger partial charge on any atom is -0.356 e. The Hall–Kier alpha value is -2.19. The smallest absolute Gasteiger partial charge is 0.267 e. The highest BCUT2D eigenvalue weighted by atomic mass is 32.2. The van der Waals surface area contributed by atoms with Crippen LogP contribution in [0, 0.1) is 12.8 Å². The molecule has 0 aliphatic carbocycles. The van der Waals surface area contributed by atoms with Crippen molar-refractivity contribution in [1.82, 2.24) is 14.3 Å². The van der Waals surface area contributed by atoms with Crippen molar-refractivity contribution >= 4 is 51.7 Å². The van der Waals surface area contributed by atoms with E-state index >= 15 is 0 Å². The van der Waals surface area contributed by atoms with Crippen molar-refractivity contribution in [2.75, 3.05) is 24.5 Å². The SMILES string of the molecule is Cc1ccc2nc(N3CCCCC3)c(C=C3SC(=S)N(CC(C)C)C3=O)c(=O)n2c1. The van der Waals surface area contributed by atoms with Gasteiger partial charge in [0.05, 0.1) is 10.5 Å². The fraction of sp³-hybridized carbons (Fsp3) is 0.455. The number of anilines is 1. The van der Waals surface area contributed by atoms with Crippen molar-refractivity contribution in [1.29, 1.82) is 0 Å². The number of thiocarbonyl (C=S) groups is 1. The molecule has 4 rings (SSSR count). The van der Waals surface area contributed by atoms with Crippen molar-refractivity contribution < 1.29 is 4.79 Å². The first-order valence-corrected chi connectivity index (χ1v) is 11.6. The average Bonchev–Trinajstić information content (AvgIpc) is 2.98. The van der Waals surface area contributed by atoms with Gasteiger partial charge in [0.15, 0.2) is 0 Å². The van der Waals surface area contributed by atoms with Gasteiger partial charge in [-0.15, -0.1) is 0 Å². The van der Waals surface area contributed by atoms with Crippen molar-refractivity contribution in [3.63, 3.8) is 0 Å². The molecule has 0 saturated carbocycles. The number of nitrogens with zero attached hydrogens (tertiary/aromatic N) is 4. The van der Waals surface area contributed by atoms with Crippen LogP contribution in [0.2, 0.25) is 0 Å². The zero-order valence-electron chi connectivity index (χ0n) is 17.6. The molecular weight excluding hydrogens is 416 g/mol. The zero-order chi connectivity index (χ0) is 21.4. The number of pyridine rings is 1. The Morgan fingerprint density at radius 2 is 1.93 bits per heavy atom. The number of aromatic nitrogens is 2. The van der Waals surface area contributed by atoms with E-state index in [4.69, 9.17) is 17.2 Å². The lowest BCUT2D eigenvalue weighted by molar-refractivity contribution is -0.122. The van der Waals surface area contributed by atoms with Gasteiger partial charge >= 0.3 is 0 Å². The lowest BCUT2D eigenvalue weighted by atomic mass is 10.1. The zero-order valence-corrected chi connectivity index (χ0v) is 19.2. The van der Waals surface area contributed by atoms with Gasteiger partial charge < -0.3 is 4.90 Å². The summed E-state index contributed by atoms with van der Waals surface area (Å²) in [4.78, 5) is 35.6. The first kappa shape index (κ1) is 21.1. The summed E-state index contributed by atoms with van der Waals surface area (Å²) in [6.45, 7) is 8.36. The maximum absolute atomic E-state index is 13.5. The number of fused-ring (bicyclic) bond motifs is 1. The lowest BCUT2D eigenvalue weighted by Gasteiger charge is -2.29. The van der Waals surface area contributed by atoms with Gasteiger partial charge in [-0.1, -0.05) is 43.9 Å². The molecule has 2 aromatic heterocycles. The summed E-state index contributed by atoms with van der Waals surface area (Å²) in [5, 5.41) is 0. The molecule has 2 aliphatic rings. The Balaban J connectivity index is 1.85. The molecule has 8 heteroatoms. The topological polar surface area (TPSA) is 57.9 Å². The molecule has 6 nitrogen and oxygen atoms in total. The van der Waals surface area contributed by atoms with E-state index in [2.05, 4.69) is 18.7 Å². The summed E-state index contributed by atoms with van der Waals surface area (Å²) < 4.78 is 2.12. The molecule has 2 aromatic rings. The first-order chi connectivity index (χ1) is 14.3. The molecule has 0 atom stereocenters. The molecule has 0 aromatic carbocycles. The number of piperidine rings is 1. The Labute approximate surface area is 186 Å². The third kappa shape index (κ3) is 4.03. The highest BCUT2D eigenvalue weighted by molar-refractivity contribution is 8.26. The summed E-state index contributed by atoms with van der Waals surface area (Å²) in [7, 11) is 0. The number of aryl methyl sites for hydroxylation is 1. The fourth-order valence-electron chi connectivity index (χ4n) is 3.87. The lowest BCUT2D eigenvalue weighted by Crippen LogP contribution is -2.34. The van der Waals surface area contributed by atoms with Crippen LogP contribution in [0.5, 0.6) is 0 Å². The van der Waals surface area contributed by atoms with Crippen LogP contribution >= 0.6 is 24.0 Å². The highest BCUT2D eigenvalue weighted by Gasteiger charge is 2.33. The number of carbonyl (C=O) groups is 1. The molecule has 4 heterocycles. The van der Waals surface area contributed by atoms with Crippen LogP contribution in [0.1, 0.15) is 44.2 Å². The van der Waals surface area contributed by atoms with Gasteiger partial charge in [-0.05, 0) is 49.8 Å². The van der Waals surface area contributed by atoms with Crippen LogP contribution in [0.25, 0.3) is 11.7 Å². The number of amides is 1. The van der Waals surface area contributed by atoms with Crippen LogP contribution in [-0.4, -0.2) is 44.1 Å². The summed E-state index contributed by atoms with van der Waals surface area (Å²) in [5.74, 6) is 0.849. The number of rotatable bonds is 4. The van der Waals surface area contributed by atoms with Crippen LogP contribution in [0.4, 0.5) is 5.82 Å². The second-order valence-electron chi connectivity index (χ2n) is 8.32. The quantitative estimate of drug-likeness (QED) is 0.530. The van der Waals surface area contributed by atoms with Crippen molar-refractivity contribution in [3.8, 4) is 0 Å². The molecule has 0 radical (unpaired) electrons. The predicted molar refractivity (Wildman–Crippen MR) is 127 cm³/mol. The van der Waals surface area contributed by atoms with Gasteiger partial charge in [-0.2, -0.15) is 0 Å². The standard InChI is InChI=1S/C22H26N4O2S2/c1-14(2)12-26-21(28)17(30-22(26)29)11-16-19(24-9-5-4-6-10-24)23-18-8-7-15(3)13-25(18)20(16)27/h7-8,11,13-14H,4-6,9-10,12H2,1-3H3. The van der Waals surface area contributed by atoms with E-state index in [0.29, 0.717) is 38.7 Å². The summed E-state index contributed by atoms with van der Waals surface area (Å²) >= 11 is 6.70. The minimum absolute atomic E-state index is 0.128. The number of hydrogen-bond acceptors (Lipinski definition) is 6. The Morgan fingerprint density at radius 3 is 2.63 bits per heavy atom. The molecule has 30 heavy (non-hydrogen) atoms. The fourth-order valence-corrected chi connectivity index (χ4v) is 5.13. The second kappa shape index (κ2) is 8.51. The van der Waals surface area contributed by atoms with Gasteiger partial charge in [-0.25, -0.2) is 4.98 Å². The second-order valence-corrected chi connectivity index (χ2v) is 10.00. The number of carbonyl (C=O) groups excluding carboxylic acids is 1. The van der Waals surface area contributed by atoms with Gasteiger partial charge in [0.2, 0.25) is 0 Å². The van der Waals surface area contributed by atoms with Crippen molar-refractivity contribution in [2.24, 2.45) is 5.92 Å². The van der Waals surface area contributed by atoms with Crippen LogP contribution in [0.3, 0.4) is 0 Å². The average molecular weight is 443 g/mol. The van der Waals surface area contributed by atoms with Gasteiger partial charge in [0.25, 0.3) is 11.5 Å². The Kier molecular flexibility index (Phi) is 5.97. The van der Waals surface area contributed by atoms with Gasteiger partial charge in [0.1, 0.15) is 15.8 Å². The summed E-state index contributed by atoms with van der Waals surface area (Å²) in [5.41, 5.74) is 1.91. The largest absolute Gasteiger partial charge is 0.356 e. The molecule has 158 valence electrons. The molecule has 0 N–H and O–H groups in total. The molecule has 2 aliphatic heterocycles. The minimum atomic E-state index is -0.154. The normalized spacial score (nSPS) is 19.0. The van der Waals surface area contributed by atoms with E-state index in [1.54, 1.807) is 21.6 Å². The molecular formula is C22H26N4O2S2. The molecule has 2 fully saturated rings. The third-order valence-electron chi connectivity index (χ3n) is 5.34. The van der Waals surface area contributed by atoms with Crippen LogP contribution < -0.4 is 10.5 Å². The molecule has 0 spiro atoms. The van der Waals surface area contributed by atoms with Crippen LogP contribution in [0.15, 0.2) is 28.0 Å². The van der Waals surface area contributed by atoms with E-state index in [0.717, 1.165) is 31.5 Å². The molecule has 2 saturated heterocycles. The van der Waals surface area contributed by atoms with Crippen molar-refractivity contribution in [3.05, 3.63) is 44.7 Å². The summed E-state index contributed by atoms with van der Waals surface area (Å²) in [6.07, 6.45) is 6.83. The number of hydrogen-bond donors (Lipinski definition) is 0. The number of thioether (sulfide) groups is 1. The maximum Gasteiger partial charge on any atom is 0.267 e. The Bertz CT molecular complexity index is 1100. The highest BCUT2D eigenvalue weighted by Crippen LogP contribution is 2.34. The molecule has 0 unspecified atom stereocenters. The van der Waals surface area contributed by atoms with Crippen molar-refractivity contribution in [2.45, 2.75) is 40.0 Å². The predicted octanol–water partition coefficient (Wildman–Crippen LogP) is 3.85. The van der Waals surface area contributed by atoms with E-state index in [9.17, 15) is 9.59 Å². The van der Waals surface area contributed by atoms with E-state index in [1.165, 1.54) is 18.2 Å².